The summed E-state index contributed by atoms with van der Waals surface area (Å²) in [5.41, 5.74) is 4.41. The third kappa shape index (κ3) is 5.89. The smallest absolute Gasteiger partial charge is 0.459 e. The topological polar surface area (TPSA) is 204 Å². The van der Waals surface area contributed by atoms with Crippen LogP contribution >= 0.6 is 7.75 Å². The van der Waals surface area contributed by atoms with Crippen LogP contribution in [0, 0.1) is 11.3 Å². The molecule has 1 aromatic carbocycles. The molecule has 1 saturated heterocycles. The molecule has 15 heteroatoms. The molecular weight excluding hydrogens is 531 g/mol. The minimum Gasteiger partial charge on any atom is -0.462 e. The molecule has 39 heavy (non-hydrogen) atoms. The molecule has 0 spiro atoms. The van der Waals surface area contributed by atoms with E-state index in [1.54, 1.807) is 44.2 Å². The van der Waals surface area contributed by atoms with Gasteiger partial charge in [0.1, 0.15) is 54.6 Å². The molecule has 0 radical (unpaired) electrons. The van der Waals surface area contributed by atoms with E-state index in [4.69, 9.17) is 24.3 Å². The number of rotatable bonds is 10. The maximum atomic E-state index is 13.8. The van der Waals surface area contributed by atoms with Crippen LogP contribution in [-0.4, -0.2) is 67.3 Å². The van der Waals surface area contributed by atoms with Gasteiger partial charge in [-0.1, -0.05) is 18.2 Å². The van der Waals surface area contributed by atoms with E-state index in [1.807, 2.05) is 6.07 Å². The summed E-state index contributed by atoms with van der Waals surface area (Å²) in [6.45, 7) is 3.92. The number of fused-ring (bicyclic) bond motifs is 1. The van der Waals surface area contributed by atoms with Crippen LogP contribution in [0.3, 0.4) is 0 Å². The van der Waals surface area contributed by atoms with Crippen LogP contribution in [0.25, 0.3) is 5.52 Å². The zero-order valence-corrected chi connectivity index (χ0v) is 22.3. The van der Waals surface area contributed by atoms with Gasteiger partial charge in [0.25, 0.3) is 0 Å². The zero-order valence-electron chi connectivity index (χ0n) is 21.4. The molecular formula is C24H29N6O8P. The molecule has 14 nitrogen and oxygen atoms in total. The number of hydrogen-bond donors (Lipinski definition) is 4. The fraction of sp³-hybridized carbons (Fsp3) is 0.417. The van der Waals surface area contributed by atoms with E-state index >= 15 is 0 Å². The number of aromatic nitrogens is 3. The van der Waals surface area contributed by atoms with E-state index in [-0.39, 0.29) is 17.3 Å². The van der Waals surface area contributed by atoms with Gasteiger partial charge < -0.3 is 29.9 Å². The number of aliphatic hydroxyl groups is 2. The Kier molecular flexibility index (Phi) is 8.22. The Labute approximate surface area is 223 Å². The summed E-state index contributed by atoms with van der Waals surface area (Å²) in [4.78, 5) is 16.3. The molecule has 4 rings (SSSR count). The molecule has 2 aromatic heterocycles. The van der Waals surface area contributed by atoms with Crippen molar-refractivity contribution in [3.05, 3.63) is 54.5 Å². The average molecular weight is 561 g/mol. The van der Waals surface area contributed by atoms with Crippen molar-refractivity contribution >= 4 is 25.1 Å². The third-order valence-corrected chi connectivity index (χ3v) is 7.54. The predicted molar refractivity (Wildman–Crippen MR) is 136 cm³/mol. The number of carbonyl (C=O) groups is 1. The van der Waals surface area contributed by atoms with Crippen LogP contribution < -0.4 is 15.3 Å². The zero-order chi connectivity index (χ0) is 28.4. The lowest BCUT2D eigenvalue weighted by Gasteiger charge is -2.28. The van der Waals surface area contributed by atoms with Gasteiger partial charge in [-0.25, -0.2) is 14.1 Å². The Morgan fingerprint density at radius 3 is 2.67 bits per heavy atom. The molecule has 3 heterocycles. The highest BCUT2D eigenvalue weighted by Gasteiger charge is 2.57. The SMILES string of the molecule is CC(C)OC(=O)C(C)N[P@](=O)(OC[C@@]1(C#N)O[C@@H](c2ccc3c(N)ncnn23)[C@H](O)[C@@H]1O)Oc1ccccc1. The van der Waals surface area contributed by atoms with E-state index in [1.165, 1.54) is 29.9 Å². The second kappa shape index (κ2) is 11.3. The number of para-hydroxylation sites is 1. The summed E-state index contributed by atoms with van der Waals surface area (Å²) in [6.07, 6.45) is -3.83. The van der Waals surface area contributed by atoms with Crippen molar-refractivity contribution in [2.75, 3.05) is 12.3 Å². The number of nitrogen functional groups attached to an aromatic ring is 1. The number of hydrogen-bond acceptors (Lipinski definition) is 12. The summed E-state index contributed by atoms with van der Waals surface area (Å²) in [5, 5.41) is 38.4. The number of nitrogens with one attached hydrogen (secondary N) is 1. The summed E-state index contributed by atoms with van der Waals surface area (Å²) in [6, 6.07) is 11.9. The van der Waals surface area contributed by atoms with Crippen LogP contribution in [0.2, 0.25) is 0 Å². The van der Waals surface area contributed by atoms with Gasteiger partial charge in [-0.05, 0) is 45.0 Å². The number of aliphatic hydroxyl groups excluding tert-OH is 2. The van der Waals surface area contributed by atoms with Crippen molar-refractivity contribution in [3.8, 4) is 11.8 Å². The average Bonchev–Trinajstić information content (AvgIpc) is 3.43. The maximum absolute atomic E-state index is 13.8. The Bertz CT molecular complexity index is 1410. The minimum absolute atomic E-state index is 0.145. The van der Waals surface area contributed by atoms with Crippen molar-refractivity contribution in [2.45, 2.75) is 56.8 Å². The Morgan fingerprint density at radius 1 is 1.28 bits per heavy atom. The molecule has 1 aliphatic heterocycles. The molecule has 0 bridgehead atoms. The van der Waals surface area contributed by atoms with Gasteiger partial charge >= 0.3 is 13.7 Å². The number of esters is 1. The standard InChI is InChI=1S/C24H29N6O8P/c1-14(2)36-23(33)15(3)29-39(34,38-16-7-5-4-6-8-16)35-12-24(11-25)21(32)19(31)20(37-24)17-9-10-18-22(26)27-13-28-30(17)18/h4-10,13-15,19-21,31-32H,12H2,1-3H3,(H,29,34)(H2,26,27,28)/t15?,19-,20-,21-,24+,39-/m0/s1. The van der Waals surface area contributed by atoms with Crippen molar-refractivity contribution < 1.29 is 38.1 Å². The van der Waals surface area contributed by atoms with E-state index < -0.39 is 56.4 Å². The Hall–Kier alpha value is -3.57. The van der Waals surface area contributed by atoms with Crippen LogP contribution in [-0.2, 0) is 23.4 Å². The highest BCUT2D eigenvalue weighted by Crippen LogP contribution is 2.48. The predicted octanol–water partition coefficient (Wildman–Crippen LogP) is 1.50. The quantitative estimate of drug-likeness (QED) is 0.205. The minimum atomic E-state index is -4.39. The van der Waals surface area contributed by atoms with Crippen LogP contribution in [0.1, 0.15) is 32.6 Å². The Morgan fingerprint density at radius 2 is 2.00 bits per heavy atom. The third-order valence-electron chi connectivity index (χ3n) is 5.92. The molecule has 0 saturated carbocycles. The van der Waals surface area contributed by atoms with Gasteiger partial charge in [0.05, 0.1) is 11.8 Å². The molecule has 1 unspecified atom stereocenters. The number of carbonyl (C=O) groups excluding carboxylic acids is 1. The van der Waals surface area contributed by atoms with Gasteiger partial charge in [-0.2, -0.15) is 15.4 Å². The van der Waals surface area contributed by atoms with Gasteiger partial charge in [-0.15, -0.1) is 0 Å². The van der Waals surface area contributed by atoms with Crippen LogP contribution in [0.15, 0.2) is 48.8 Å². The van der Waals surface area contributed by atoms with Crippen molar-refractivity contribution in [1.82, 2.24) is 19.7 Å². The Balaban J connectivity index is 1.59. The normalized spacial score (nSPS) is 25.2. The lowest BCUT2D eigenvalue weighted by molar-refractivity contribution is -0.149. The fourth-order valence-corrected chi connectivity index (χ4v) is 5.51. The number of ether oxygens (including phenoxy) is 2. The second-order valence-electron chi connectivity index (χ2n) is 9.19. The first kappa shape index (κ1) is 28.4. The largest absolute Gasteiger partial charge is 0.462 e. The van der Waals surface area contributed by atoms with Crippen LogP contribution in [0.4, 0.5) is 5.82 Å². The molecule has 208 valence electrons. The fourth-order valence-electron chi connectivity index (χ4n) is 3.99. The second-order valence-corrected chi connectivity index (χ2v) is 10.9. The molecule has 0 amide bonds. The number of benzene rings is 1. The van der Waals surface area contributed by atoms with Crippen molar-refractivity contribution in [3.63, 3.8) is 0 Å². The van der Waals surface area contributed by atoms with E-state index in [9.17, 15) is 24.8 Å². The van der Waals surface area contributed by atoms with Crippen LogP contribution in [0.5, 0.6) is 5.75 Å². The monoisotopic (exact) mass is 560 g/mol. The number of nitrogens with zero attached hydrogens (tertiary/aromatic N) is 4. The summed E-state index contributed by atoms with van der Waals surface area (Å²) < 4.78 is 37.3. The van der Waals surface area contributed by atoms with Crippen molar-refractivity contribution in [2.24, 2.45) is 0 Å². The number of anilines is 1. The first-order valence-electron chi connectivity index (χ1n) is 12.0. The molecule has 5 N–H and O–H groups in total. The number of nitrogens with two attached hydrogens (primary N) is 1. The molecule has 0 aliphatic carbocycles. The number of nitriles is 1. The van der Waals surface area contributed by atoms with Gasteiger partial charge in [0.2, 0.25) is 5.60 Å². The van der Waals surface area contributed by atoms with Gasteiger partial charge in [-0.3, -0.25) is 9.32 Å². The maximum Gasteiger partial charge on any atom is 0.459 e. The highest BCUT2D eigenvalue weighted by molar-refractivity contribution is 7.52. The molecule has 3 aromatic rings. The molecule has 1 fully saturated rings. The highest BCUT2D eigenvalue weighted by atomic mass is 31.2. The summed E-state index contributed by atoms with van der Waals surface area (Å²) >= 11 is 0. The molecule has 1 aliphatic rings. The summed E-state index contributed by atoms with van der Waals surface area (Å²) in [5.74, 6) is -0.393. The van der Waals surface area contributed by atoms with Crippen molar-refractivity contribution in [1.29, 1.82) is 5.26 Å². The van der Waals surface area contributed by atoms with E-state index in [0.29, 0.717) is 5.52 Å². The lowest BCUT2D eigenvalue weighted by Crippen LogP contribution is -2.46. The molecule has 6 atom stereocenters. The van der Waals surface area contributed by atoms with Gasteiger partial charge in [0, 0.05) is 0 Å². The van der Waals surface area contributed by atoms with E-state index in [0.717, 1.165) is 0 Å². The first-order chi connectivity index (χ1) is 18.5. The summed E-state index contributed by atoms with van der Waals surface area (Å²) in [7, 11) is -4.39. The lowest BCUT2D eigenvalue weighted by atomic mass is 9.96. The van der Waals surface area contributed by atoms with E-state index in [2.05, 4.69) is 15.2 Å². The first-order valence-corrected chi connectivity index (χ1v) is 13.5. The van der Waals surface area contributed by atoms with Gasteiger partial charge in [0.15, 0.2) is 5.82 Å².